The summed E-state index contributed by atoms with van der Waals surface area (Å²) in [6, 6.07) is 3.40. The molecule has 2 aromatic rings. The molecule has 0 saturated heterocycles. The van der Waals surface area contributed by atoms with Crippen molar-refractivity contribution in [3.63, 3.8) is 0 Å². The predicted octanol–water partition coefficient (Wildman–Crippen LogP) is 5.34. The first-order valence-corrected chi connectivity index (χ1v) is 11.5. The number of carbonyl (C=O) groups excluding carboxylic acids is 1. The van der Waals surface area contributed by atoms with Gasteiger partial charge in [0.2, 0.25) is 5.88 Å². The largest absolute Gasteiger partial charge is 0.468 e. The van der Waals surface area contributed by atoms with E-state index in [-0.39, 0.29) is 24.0 Å². The van der Waals surface area contributed by atoms with Gasteiger partial charge in [-0.25, -0.2) is 4.98 Å². The average Bonchev–Trinajstić information content (AvgIpc) is 3.46. The molecule has 0 radical (unpaired) electrons. The van der Waals surface area contributed by atoms with Crippen molar-refractivity contribution in [1.29, 1.82) is 5.41 Å². The van der Waals surface area contributed by atoms with E-state index in [4.69, 9.17) is 14.7 Å². The van der Waals surface area contributed by atoms with Crippen LogP contribution >= 0.6 is 0 Å². The number of aryl methyl sites for hydroxylation is 2. The lowest BCUT2D eigenvalue weighted by molar-refractivity contribution is -0.123. The number of hydrogen-bond acceptors (Lipinski definition) is 6. The zero-order valence-corrected chi connectivity index (χ0v) is 20.8. The summed E-state index contributed by atoms with van der Waals surface area (Å²) in [6.45, 7) is 16.0. The van der Waals surface area contributed by atoms with Gasteiger partial charge in [0.15, 0.2) is 6.61 Å². The molecule has 2 N–H and O–H groups in total. The number of carbonyl (C=O) groups is 1. The quantitative estimate of drug-likeness (QED) is 0.538. The van der Waals surface area contributed by atoms with Crippen LogP contribution in [0.5, 0.6) is 5.88 Å². The Hall–Kier alpha value is -2.70. The number of hydrogen-bond donors (Lipinski definition) is 2. The van der Waals surface area contributed by atoms with Gasteiger partial charge in [-0.05, 0) is 44.6 Å². The van der Waals surface area contributed by atoms with Gasteiger partial charge in [0.05, 0.1) is 11.7 Å². The summed E-state index contributed by atoms with van der Waals surface area (Å²) < 4.78 is 11.0. The highest BCUT2D eigenvalue weighted by atomic mass is 16.5. The Morgan fingerprint density at radius 1 is 1.28 bits per heavy atom. The second-order valence-electron chi connectivity index (χ2n) is 9.46. The first kappa shape index (κ1) is 25.6. The molecule has 1 amide bonds. The van der Waals surface area contributed by atoms with Crippen molar-refractivity contribution in [3.8, 4) is 5.88 Å². The molecular weight excluding hydrogens is 404 g/mol. The molecule has 1 unspecified atom stereocenters. The number of pyridine rings is 1. The van der Waals surface area contributed by atoms with E-state index in [1.54, 1.807) is 6.07 Å². The minimum atomic E-state index is -0.281. The van der Waals surface area contributed by atoms with Gasteiger partial charge in [-0.3, -0.25) is 4.79 Å². The normalized spacial score (nSPS) is 14.2. The van der Waals surface area contributed by atoms with Crippen LogP contribution in [0.3, 0.4) is 0 Å². The Morgan fingerprint density at radius 2 is 1.94 bits per heavy atom. The predicted molar refractivity (Wildman–Crippen MR) is 126 cm³/mol. The van der Waals surface area contributed by atoms with Crippen LogP contribution in [0, 0.1) is 30.6 Å². The van der Waals surface area contributed by atoms with Gasteiger partial charge in [0.1, 0.15) is 11.5 Å². The molecule has 2 aromatic heterocycles. The van der Waals surface area contributed by atoms with Crippen molar-refractivity contribution in [3.05, 3.63) is 40.4 Å². The molecule has 0 aliphatic heterocycles. The van der Waals surface area contributed by atoms with Crippen molar-refractivity contribution in [2.45, 2.75) is 80.7 Å². The molecule has 0 spiro atoms. The maximum atomic E-state index is 12.3. The van der Waals surface area contributed by atoms with E-state index in [1.807, 2.05) is 40.7 Å². The average molecular weight is 443 g/mol. The summed E-state index contributed by atoms with van der Waals surface area (Å²) in [4.78, 5) is 16.8. The molecule has 0 aromatic carbocycles. The number of rotatable bonds is 8. The van der Waals surface area contributed by atoms with E-state index in [9.17, 15) is 4.79 Å². The van der Waals surface area contributed by atoms with Crippen molar-refractivity contribution < 1.29 is 14.1 Å². The van der Waals surface area contributed by atoms with E-state index in [1.165, 1.54) is 0 Å². The molecule has 32 heavy (non-hydrogen) atoms. The maximum absolute atomic E-state index is 12.3. The lowest BCUT2D eigenvalue weighted by Gasteiger charge is -2.15. The summed E-state index contributed by atoms with van der Waals surface area (Å²) in [5, 5.41) is 15.3. The van der Waals surface area contributed by atoms with Gasteiger partial charge in [0.25, 0.3) is 5.91 Å². The van der Waals surface area contributed by atoms with Crippen LogP contribution in [0.2, 0.25) is 0 Å². The Kier molecular flexibility index (Phi) is 8.58. The highest BCUT2D eigenvalue weighted by molar-refractivity contribution is 6.03. The second kappa shape index (κ2) is 10.7. The van der Waals surface area contributed by atoms with Crippen molar-refractivity contribution in [1.82, 2.24) is 15.5 Å². The van der Waals surface area contributed by atoms with Gasteiger partial charge >= 0.3 is 0 Å². The fraction of sp³-hybridized carbons (Fsp3) is 0.600. The molecular formula is C25H38N4O3. The highest BCUT2D eigenvalue weighted by Gasteiger charge is 2.29. The van der Waals surface area contributed by atoms with Crippen LogP contribution in [0.1, 0.15) is 88.7 Å². The fourth-order valence-corrected chi connectivity index (χ4v) is 3.49. The minimum absolute atomic E-state index is 0.104. The molecule has 1 aliphatic carbocycles. The summed E-state index contributed by atoms with van der Waals surface area (Å²) in [5.41, 5.74) is 4.08. The number of amides is 1. The van der Waals surface area contributed by atoms with Gasteiger partial charge in [-0.15, -0.1) is 0 Å². The Balaban J connectivity index is 0.00000176. The number of aromatic nitrogens is 2. The first-order chi connectivity index (χ1) is 15.0. The lowest BCUT2D eigenvalue weighted by Crippen LogP contribution is -2.31. The van der Waals surface area contributed by atoms with Crippen LogP contribution in [0.25, 0.3) is 0 Å². The third-order valence-electron chi connectivity index (χ3n) is 5.08. The SMILES string of the molecule is CC.Cc1cc(OCC(=O)NC(C)c2cc(CC(C)(C)C)on2)nc(C)c1C(=N)C1CC1. The summed E-state index contributed by atoms with van der Waals surface area (Å²) in [7, 11) is 0. The zero-order valence-electron chi connectivity index (χ0n) is 20.8. The monoisotopic (exact) mass is 442 g/mol. The molecule has 1 aliphatic rings. The van der Waals surface area contributed by atoms with Gasteiger partial charge in [0, 0.05) is 35.7 Å². The van der Waals surface area contributed by atoms with Gasteiger partial charge in [-0.1, -0.05) is 39.8 Å². The third-order valence-corrected chi connectivity index (χ3v) is 5.08. The Bertz CT molecular complexity index is 916. The highest BCUT2D eigenvalue weighted by Crippen LogP contribution is 2.34. The van der Waals surface area contributed by atoms with Crippen LogP contribution in [0.4, 0.5) is 0 Å². The Labute approximate surface area is 191 Å². The van der Waals surface area contributed by atoms with Crippen LogP contribution in [-0.2, 0) is 11.2 Å². The van der Waals surface area contributed by atoms with E-state index in [0.29, 0.717) is 23.2 Å². The minimum Gasteiger partial charge on any atom is -0.468 e. The summed E-state index contributed by atoms with van der Waals surface area (Å²) in [5.74, 6) is 1.31. The molecule has 0 bridgehead atoms. The van der Waals surface area contributed by atoms with Gasteiger partial charge in [-0.2, -0.15) is 0 Å². The van der Waals surface area contributed by atoms with E-state index >= 15 is 0 Å². The maximum Gasteiger partial charge on any atom is 0.258 e. The van der Waals surface area contributed by atoms with Crippen molar-refractivity contribution in [2.75, 3.05) is 6.61 Å². The smallest absolute Gasteiger partial charge is 0.258 e. The standard InChI is InChI=1S/C23H32N4O3.C2H6/c1-13-9-20(26-15(3)21(13)22(24)16-7-8-16)29-12-19(28)25-14(2)18-10-17(30-27-18)11-23(4,5)6;1-2/h9-10,14,16,24H,7-8,11-12H2,1-6H3,(H,25,28);1-2H3. The van der Waals surface area contributed by atoms with E-state index in [0.717, 1.165) is 41.8 Å². The van der Waals surface area contributed by atoms with Crippen LogP contribution in [-0.4, -0.2) is 28.4 Å². The molecule has 7 nitrogen and oxygen atoms in total. The molecule has 7 heteroatoms. The third kappa shape index (κ3) is 7.18. The second-order valence-corrected chi connectivity index (χ2v) is 9.46. The molecule has 1 atom stereocenters. The number of nitrogens with one attached hydrogen (secondary N) is 2. The van der Waals surface area contributed by atoms with E-state index in [2.05, 4.69) is 36.2 Å². The van der Waals surface area contributed by atoms with Crippen molar-refractivity contribution in [2.24, 2.45) is 11.3 Å². The molecule has 176 valence electrons. The fourth-order valence-electron chi connectivity index (χ4n) is 3.49. The van der Waals surface area contributed by atoms with Crippen LogP contribution in [0.15, 0.2) is 16.7 Å². The number of ether oxygens (including phenoxy) is 1. The van der Waals surface area contributed by atoms with Crippen LogP contribution < -0.4 is 10.1 Å². The summed E-state index contributed by atoms with van der Waals surface area (Å²) >= 11 is 0. The molecule has 2 heterocycles. The van der Waals surface area contributed by atoms with Crippen molar-refractivity contribution >= 4 is 11.6 Å². The van der Waals surface area contributed by atoms with Gasteiger partial charge < -0.3 is 20.0 Å². The molecule has 3 rings (SSSR count). The zero-order chi connectivity index (χ0) is 24.1. The summed E-state index contributed by atoms with van der Waals surface area (Å²) in [6.07, 6.45) is 2.94. The topological polar surface area (TPSA) is 101 Å². The van der Waals surface area contributed by atoms with E-state index < -0.39 is 0 Å². The lowest BCUT2D eigenvalue weighted by atomic mass is 9.91. The number of nitrogens with zero attached hydrogens (tertiary/aromatic N) is 2. The molecule has 1 saturated carbocycles. The molecule has 1 fully saturated rings. The first-order valence-electron chi connectivity index (χ1n) is 11.5. The Morgan fingerprint density at radius 3 is 2.50 bits per heavy atom.